The van der Waals surface area contributed by atoms with Gasteiger partial charge in [-0.15, -0.1) is 7.26 Å². The molecule has 0 spiro atoms. The lowest BCUT2D eigenvalue weighted by atomic mass is 10.9. The Morgan fingerprint density at radius 2 is 1.19 bits per heavy atom. The molecule has 0 rings (SSSR count). The molecule has 0 aliphatic heterocycles. The van der Waals surface area contributed by atoms with Gasteiger partial charge in [0.15, 0.2) is 0 Å². The van der Waals surface area contributed by atoms with Crippen LogP contribution in [0.4, 0.5) is 0 Å². The summed E-state index contributed by atoms with van der Waals surface area (Å²) < 4.78 is 60.8. The lowest BCUT2D eigenvalue weighted by Crippen LogP contribution is -2.19. The first-order valence-electron chi connectivity index (χ1n) is 3.37. The second-order valence-corrected chi connectivity index (χ2v) is 6.52. The van der Waals surface area contributed by atoms with Crippen LogP contribution < -0.4 is 0 Å². The summed E-state index contributed by atoms with van der Waals surface area (Å²) in [6.45, 7) is 0. The van der Waals surface area contributed by atoms with Gasteiger partial charge in [0, 0.05) is 0 Å². The van der Waals surface area contributed by atoms with Gasteiger partial charge in [-0.05, 0) is 0 Å². The maximum absolute atomic E-state index is 10.7. The van der Waals surface area contributed by atoms with Crippen LogP contribution in [0.3, 0.4) is 0 Å². The molecule has 0 amide bonds. The van der Waals surface area contributed by atoms with E-state index in [1.165, 1.54) is 0 Å². The fourth-order valence-electron chi connectivity index (χ4n) is 0.403. The predicted octanol–water partition coefficient (Wildman–Crippen LogP) is -2.34. The molecule has 0 radical (unpaired) electrons. The number of aldehydes is 2. The minimum absolute atomic E-state index is 0.0492. The first-order valence-corrected chi connectivity index (χ1v) is 7.52. The lowest BCUT2D eigenvalue weighted by molar-refractivity contribution is -0.106. The average Bonchev–Trinajstić information content (AvgIpc) is 1.99. The molecule has 0 aromatic rings. The van der Waals surface area contributed by atoms with E-state index in [1.807, 2.05) is 0 Å². The normalized spacial score (nSPS) is 12.6. The van der Waals surface area contributed by atoms with Gasteiger partial charge in [0.25, 0.3) is 20.2 Å². The van der Waals surface area contributed by atoms with Crippen molar-refractivity contribution in [3.8, 4) is 0 Å². The Morgan fingerprint density at radius 3 is 1.44 bits per heavy atom. The lowest BCUT2D eigenvalue weighted by Gasteiger charge is -2.00. The van der Waals surface area contributed by atoms with Crippen LogP contribution in [0.1, 0.15) is 0 Å². The van der Waals surface area contributed by atoms with E-state index < -0.39 is 43.1 Å². The number of hydrogen-bond acceptors (Lipinski definition) is 9. The Labute approximate surface area is 93.8 Å². The van der Waals surface area contributed by atoms with Gasteiger partial charge in [0.05, 0.1) is 0 Å². The summed E-state index contributed by atoms with van der Waals surface area (Å²) in [6, 6.07) is 0. The molecule has 0 aromatic carbocycles. The van der Waals surface area contributed by atoms with Crippen molar-refractivity contribution in [2.45, 2.75) is 0 Å². The van der Waals surface area contributed by atoms with E-state index >= 15 is 0 Å². The van der Waals surface area contributed by atoms with Crippen molar-refractivity contribution in [2.75, 3.05) is 11.5 Å². The number of carbonyl (C=O) groups is 2. The van der Waals surface area contributed by atoms with Gasteiger partial charge in [0.2, 0.25) is 0 Å². The zero-order chi connectivity index (χ0) is 12.8. The van der Waals surface area contributed by atoms with Crippen LogP contribution in [-0.2, 0) is 48.4 Å². The van der Waals surface area contributed by atoms with E-state index in [1.54, 1.807) is 0 Å². The van der Waals surface area contributed by atoms with Crippen LogP contribution in [-0.4, -0.2) is 45.1 Å². The van der Waals surface area contributed by atoms with Crippen LogP contribution in [0, 0.1) is 0 Å². The van der Waals surface area contributed by atoms with Gasteiger partial charge in [0.1, 0.15) is 24.1 Å². The quantitative estimate of drug-likeness (QED) is 0.450. The Hall–Kier alpha value is -0.690. The molecule has 0 fully saturated rings. The van der Waals surface area contributed by atoms with Crippen molar-refractivity contribution in [1.82, 2.24) is 0 Å². The van der Waals surface area contributed by atoms with Crippen LogP contribution in [0.15, 0.2) is 0 Å². The van der Waals surface area contributed by atoms with E-state index in [2.05, 4.69) is 7.26 Å². The van der Waals surface area contributed by atoms with E-state index in [9.17, 15) is 30.6 Å². The molecule has 0 aromatic heterocycles. The van der Waals surface area contributed by atoms with Gasteiger partial charge in [-0.25, -0.2) is 0 Å². The minimum Gasteiger partial charge on any atom is -0.302 e. The van der Waals surface area contributed by atoms with E-state index in [4.69, 9.17) is 0 Å². The molecule has 0 unspecified atom stereocenters. The second-order valence-electron chi connectivity index (χ2n) is 2.12. The van der Waals surface area contributed by atoms with Crippen LogP contribution >= 0.6 is 0 Å². The third kappa shape index (κ3) is 6.73. The molecule has 9 nitrogen and oxygen atoms in total. The Morgan fingerprint density at radius 1 is 0.875 bits per heavy atom. The van der Waals surface area contributed by atoms with Crippen molar-refractivity contribution >= 4 is 44.2 Å². The molecule has 16 heavy (non-hydrogen) atoms. The summed E-state index contributed by atoms with van der Waals surface area (Å²) >= 11 is -3.16. The van der Waals surface area contributed by atoms with Crippen LogP contribution in [0.5, 0.6) is 0 Å². The molecule has 0 aliphatic carbocycles. The van der Waals surface area contributed by atoms with Crippen LogP contribution in [0.2, 0.25) is 0 Å². The molecule has 0 bridgehead atoms. The number of rotatable bonds is 8. The Balaban J connectivity index is 4.52. The van der Waals surface area contributed by atoms with Gasteiger partial charge < -0.3 is 9.59 Å². The first kappa shape index (κ1) is 15.3. The fraction of sp³-hybridized carbons (Fsp3) is 0.500. The third-order valence-corrected chi connectivity index (χ3v) is 4.50. The summed E-state index contributed by atoms with van der Waals surface area (Å²) in [4.78, 5) is 19.7. The molecule has 0 saturated carbocycles. The SMILES string of the molecule is O=CCS(=O)(=O)OS(=O)OS(=O)(=O)CC=O. The summed E-state index contributed by atoms with van der Waals surface area (Å²) in [5.74, 6) is -2.20. The van der Waals surface area contributed by atoms with E-state index in [-0.39, 0.29) is 12.6 Å². The highest BCUT2D eigenvalue weighted by atomic mass is 32.3. The van der Waals surface area contributed by atoms with Gasteiger partial charge in [-0.1, -0.05) is 0 Å². The smallest absolute Gasteiger partial charge is 0.302 e. The zero-order valence-corrected chi connectivity index (χ0v) is 9.92. The molecule has 12 heteroatoms. The molecule has 0 heterocycles. The Kier molecular flexibility index (Phi) is 5.88. The molecule has 0 saturated heterocycles. The summed E-state index contributed by atoms with van der Waals surface area (Å²) in [7, 11) is -8.93. The van der Waals surface area contributed by atoms with Crippen molar-refractivity contribution in [3.63, 3.8) is 0 Å². The molecule has 94 valence electrons. The summed E-state index contributed by atoms with van der Waals surface area (Å²) in [5.41, 5.74) is 0. The highest BCUT2D eigenvalue weighted by molar-refractivity contribution is 8.01. The number of carbonyl (C=O) groups excluding carboxylic acids is 2. The third-order valence-electron chi connectivity index (χ3n) is 0.863. The highest BCUT2D eigenvalue weighted by Crippen LogP contribution is 2.03. The van der Waals surface area contributed by atoms with Gasteiger partial charge in [-0.2, -0.15) is 21.0 Å². The van der Waals surface area contributed by atoms with Crippen molar-refractivity contribution in [1.29, 1.82) is 0 Å². The van der Waals surface area contributed by atoms with Crippen molar-refractivity contribution in [2.24, 2.45) is 0 Å². The second kappa shape index (κ2) is 6.15. The average molecular weight is 294 g/mol. The zero-order valence-electron chi connectivity index (χ0n) is 7.47. The standard InChI is InChI=1S/C4H6O9S3/c5-1-3-15(8,9)12-14(7)13-16(10,11)4-2-6/h1-2H,3-4H2. The Bertz CT molecular complexity index is 427. The van der Waals surface area contributed by atoms with Crippen molar-refractivity contribution < 1.29 is 37.9 Å². The predicted molar refractivity (Wildman–Crippen MR) is 50.0 cm³/mol. The highest BCUT2D eigenvalue weighted by Gasteiger charge is 2.22. The summed E-state index contributed by atoms with van der Waals surface area (Å²) in [6.07, 6.45) is -0.0983. The molecular formula is C4H6O9S3. The molecule has 0 atom stereocenters. The monoisotopic (exact) mass is 294 g/mol. The van der Waals surface area contributed by atoms with Gasteiger partial charge in [-0.3, -0.25) is 0 Å². The van der Waals surface area contributed by atoms with Gasteiger partial charge >= 0.3 is 11.4 Å². The van der Waals surface area contributed by atoms with Crippen LogP contribution in [0.25, 0.3) is 0 Å². The fourth-order valence-corrected chi connectivity index (χ4v) is 2.83. The first-order chi connectivity index (χ1) is 7.22. The largest absolute Gasteiger partial charge is 0.336 e. The molecular weight excluding hydrogens is 288 g/mol. The van der Waals surface area contributed by atoms with Crippen molar-refractivity contribution in [3.05, 3.63) is 0 Å². The summed E-state index contributed by atoms with van der Waals surface area (Å²) in [5, 5.41) is 0. The van der Waals surface area contributed by atoms with E-state index in [0.717, 1.165) is 0 Å². The molecule has 0 aliphatic rings. The van der Waals surface area contributed by atoms with E-state index in [0.29, 0.717) is 0 Å². The number of hydrogen-bond donors (Lipinski definition) is 0. The maximum Gasteiger partial charge on any atom is 0.336 e. The maximum atomic E-state index is 10.7. The topological polar surface area (TPSA) is 138 Å². The molecule has 0 N–H and O–H groups in total. The minimum atomic E-state index is -4.46.